The molecule has 1 aromatic carbocycles. The minimum Gasteiger partial charge on any atom is -0.493 e. The van der Waals surface area contributed by atoms with Gasteiger partial charge in [0.05, 0.1) is 32.6 Å². The number of benzene rings is 1. The van der Waals surface area contributed by atoms with Crippen LogP contribution in [0.15, 0.2) is 24.3 Å². The lowest BCUT2D eigenvalue weighted by atomic mass is 9.77. The van der Waals surface area contributed by atoms with E-state index in [0.29, 0.717) is 51.4 Å². The van der Waals surface area contributed by atoms with Crippen LogP contribution in [-0.2, 0) is 24.3 Å². The molecule has 1 N–H and O–H groups in total. The van der Waals surface area contributed by atoms with Crippen LogP contribution in [0.2, 0.25) is 0 Å². The third kappa shape index (κ3) is 7.14. The number of carbonyl (C=O) groups excluding carboxylic acids is 2. The highest BCUT2D eigenvalue weighted by Gasteiger charge is 2.41. The Morgan fingerprint density at radius 1 is 1.12 bits per heavy atom. The number of likely N-dealkylation sites (tertiary alicyclic amines) is 1. The average Bonchev–Trinajstić information content (AvgIpc) is 2.77. The summed E-state index contributed by atoms with van der Waals surface area (Å²) in [7, 11) is -3.50. The van der Waals surface area contributed by atoms with E-state index in [2.05, 4.69) is 4.72 Å². The largest absolute Gasteiger partial charge is 0.493 e. The van der Waals surface area contributed by atoms with Crippen LogP contribution in [0.4, 0.5) is 4.39 Å². The van der Waals surface area contributed by atoms with Crippen molar-refractivity contribution in [1.82, 2.24) is 14.5 Å². The van der Waals surface area contributed by atoms with Crippen LogP contribution in [0.3, 0.4) is 0 Å². The number of nitrogens with zero attached hydrogens (tertiary/aromatic N) is 2. The number of sulfonamides is 1. The van der Waals surface area contributed by atoms with E-state index in [9.17, 15) is 22.4 Å². The summed E-state index contributed by atoms with van der Waals surface area (Å²) in [4.78, 5) is 29.0. The molecule has 178 valence electrons. The molecule has 9 nitrogen and oxygen atoms in total. The highest BCUT2D eigenvalue weighted by molar-refractivity contribution is 7.88. The number of carbonyl (C=O) groups is 2. The van der Waals surface area contributed by atoms with Gasteiger partial charge in [0, 0.05) is 38.0 Å². The Bertz CT molecular complexity index is 905. The summed E-state index contributed by atoms with van der Waals surface area (Å²) in [5.74, 6) is -0.270. The average molecular weight is 472 g/mol. The van der Waals surface area contributed by atoms with Crippen LogP contribution in [-0.4, -0.2) is 88.8 Å². The molecule has 0 radical (unpaired) electrons. The molecule has 3 rings (SSSR count). The van der Waals surface area contributed by atoms with Crippen molar-refractivity contribution in [3.8, 4) is 5.75 Å². The summed E-state index contributed by atoms with van der Waals surface area (Å²) in [6, 6.07) is 5.64. The van der Waals surface area contributed by atoms with Gasteiger partial charge in [-0.15, -0.1) is 0 Å². The van der Waals surface area contributed by atoms with Gasteiger partial charge in [0.1, 0.15) is 11.6 Å². The normalized spacial score (nSPS) is 21.9. The Morgan fingerprint density at radius 2 is 1.81 bits per heavy atom. The maximum absolute atomic E-state index is 13.2. The van der Waals surface area contributed by atoms with Gasteiger partial charge >= 0.3 is 0 Å². The second-order valence-electron chi connectivity index (χ2n) is 8.42. The van der Waals surface area contributed by atoms with Gasteiger partial charge in [0.2, 0.25) is 21.8 Å². The maximum atomic E-state index is 13.2. The van der Waals surface area contributed by atoms with Crippen molar-refractivity contribution in [2.45, 2.75) is 19.3 Å². The molecule has 0 saturated carbocycles. The van der Waals surface area contributed by atoms with Crippen LogP contribution in [0.1, 0.15) is 19.3 Å². The Balaban J connectivity index is 1.72. The fraction of sp³-hybridized carbons (Fsp3) is 0.619. The summed E-state index contributed by atoms with van der Waals surface area (Å²) < 4.78 is 49.4. The first-order valence-corrected chi connectivity index (χ1v) is 12.5. The summed E-state index contributed by atoms with van der Waals surface area (Å²) in [5.41, 5.74) is -0.636. The van der Waals surface area contributed by atoms with Crippen LogP contribution in [0.25, 0.3) is 0 Å². The second-order valence-corrected chi connectivity index (χ2v) is 10.3. The number of piperidine rings is 1. The van der Waals surface area contributed by atoms with E-state index in [4.69, 9.17) is 9.47 Å². The van der Waals surface area contributed by atoms with Crippen molar-refractivity contribution in [2.75, 3.05) is 58.8 Å². The fourth-order valence-corrected chi connectivity index (χ4v) is 4.44. The molecule has 2 saturated heterocycles. The van der Waals surface area contributed by atoms with Crippen LogP contribution in [0.5, 0.6) is 5.75 Å². The van der Waals surface area contributed by atoms with Gasteiger partial charge in [-0.2, -0.15) is 0 Å². The maximum Gasteiger partial charge on any atom is 0.237 e. The summed E-state index contributed by atoms with van der Waals surface area (Å²) in [6.07, 6.45) is 2.52. The van der Waals surface area contributed by atoms with Gasteiger partial charge in [-0.1, -0.05) is 0 Å². The van der Waals surface area contributed by atoms with E-state index >= 15 is 0 Å². The fourth-order valence-electron chi connectivity index (χ4n) is 4.05. The lowest BCUT2D eigenvalue weighted by Crippen LogP contribution is -2.53. The molecule has 1 unspecified atom stereocenters. The third-order valence-corrected chi connectivity index (χ3v) is 6.42. The molecule has 2 aliphatic heterocycles. The van der Waals surface area contributed by atoms with Gasteiger partial charge in [-0.05, 0) is 37.1 Å². The second kappa shape index (κ2) is 10.6. The molecule has 2 aliphatic rings. The number of amides is 2. The molecule has 2 amide bonds. The van der Waals surface area contributed by atoms with Crippen LogP contribution >= 0.6 is 0 Å². The Morgan fingerprint density at radius 3 is 2.47 bits per heavy atom. The van der Waals surface area contributed by atoms with E-state index in [-0.39, 0.29) is 43.7 Å². The van der Waals surface area contributed by atoms with Gasteiger partial charge in [-0.25, -0.2) is 17.5 Å². The predicted octanol–water partition coefficient (Wildman–Crippen LogP) is 0.611. The van der Waals surface area contributed by atoms with Gasteiger partial charge in [-0.3, -0.25) is 9.59 Å². The molecular weight excluding hydrogens is 441 g/mol. The van der Waals surface area contributed by atoms with Crippen molar-refractivity contribution >= 4 is 21.8 Å². The standard InChI is InChI=1S/C21H30FN3O6S/c1-32(28,29)23-14-20(27)25-8-2-7-21(15-25,13-19(26)24-9-11-30-12-10-24)16-31-18-5-3-17(22)4-6-18/h3-6,23H,2,7-16H2,1H3. The van der Waals surface area contributed by atoms with Crippen molar-refractivity contribution in [3.63, 3.8) is 0 Å². The SMILES string of the molecule is CS(=O)(=O)NCC(=O)N1CCCC(COc2ccc(F)cc2)(CC(=O)N2CCOCC2)C1. The molecule has 0 aliphatic carbocycles. The highest BCUT2D eigenvalue weighted by atomic mass is 32.2. The first kappa shape index (κ1) is 24.4. The third-order valence-electron chi connectivity index (χ3n) is 5.75. The number of hydrogen-bond donors (Lipinski definition) is 1. The van der Waals surface area contributed by atoms with E-state index in [1.807, 2.05) is 0 Å². The zero-order chi connectivity index (χ0) is 23.2. The quantitative estimate of drug-likeness (QED) is 0.596. The lowest BCUT2D eigenvalue weighted by molar-refractivity contribution is -0.143. The molecule has 32 heavy (non-hydrogen) atoms. The molecule has 0 aromatic heterocycles. The lowest BCUT2D eigenvalue weighted by Gasteiger charge is -2.43. The summed E-state index contributed by atoms with van der Waals surface area (Å²) in [5, 5.41) is 0. The van der Waals surface area contributed by atoms with E-state index < -0.39 is 15.4 Å². The smallest absolute Gasteiger partial charge is 0.237 e. The van der Waals surface area contributed by atoms with Crippen LogP contribution < -0.4 is 9.46 Å². The van der Waals surface area contributed by atoms with Gasteiger partial charge < -0.3 is 19.3 Å². The van der Waals surface area contributed by atoms with Gasteiger partial charge in [0.15, 0.2) is 0 Å². The number of rotatable bonds is 8. The molecule has 1 aromatic rings. The van der Waals surface area contributed by atoms with Crippen molar-refractivity contribution < 1.29 is 31.9 Å². The number of hydrogen-bond acceptors (Lipinski definition) is 6. The first-order chi connectivity index (χ1) is 15.2. The monoisotopic (exact) mass is 471 g/mol. The van der Waals surface area contributed by atoms with Gasteiger partial charge in [0.25, 0.3) is 0 Å². The van der Waals surface area contributed by atoms with E-state index in [1.165, 1.54) is 24.3 Å². The zero-order valence-electron chi connectivity index (χ0n) is 18.2. The molecule has 2 fully saturated rings. The molecule has 0 bridgehead atoms. The topological polar surface area (TPSA) is 105 Å². The molecule has 1 atom stereocenters. The number of nitrogens with one attached hydrogen (secondary N) is 1. The number of halogens is 1. The molecular formula is C21H30FN3O6S. The molecule has 2 heterocycles. The van der Waals surface area contributed by atoms with E-state index in [0.717, 1.165) is 6.26 Å². The Hall–Kier alpha value is -2.24. The van der Waals surface area contributed by atoms with Crippen molar-refractivity contribution in [2.24, 2.45) is 5.41 Å². The minimum absolute atomic E-state index is 0.0282. The van der Waals surface area contributed by atoms with Crippen LogP contribution in [0, 0.1) is 11.2 Å². The minimum atomic E-state index is -3.50. The van der Waals surface area contributed by atoms with Crippen molar-refractivity contribution in [1.29, 1.82) is 0 Å². The molecule has 11 heteroatoms. The Labute approximate surface area is 187 Å². The number of ether oxygens (including phenoxy) is 2. The number of morpholine rings is 1. The summed E-state index contributed by atoms with van der Waals surface area (Å²) in [6.45, 7) is 2.63. The first-order valence-electron chi connectivity index (χ1n) is 10.6. The van der Waals surface area contributed by atoms with E-state index in [1.54, 1.807) is 9.80 Å². The Kier molecular flexibility index (Phi) is 8.07. The highest BCUT2D eigenvalue weighted by Crippen LogP contribution is 2.35. The van der Waals surface area contributed by atoms with Crippen molar-refractivity contribution in [3.05, 3.63) is 30.1 Å². The molecule has 0 spiro atoms. The zero-order valence-corrected chi connectivity index (χ0v) is 19.0. The predicted molar refractivity (Wildman–Crippen MR) is 115 cm³/mol. The summed E-state index contributed by atoms with van der Waals surface area (Å²) >= 11 is 0.